The summed E-state index contributed by atoms with van der Waals surface area (Å²) in [5, 5.41) is 3.85. The van der Waals surface area contributed by atoms with E-state index in [9.17, 15) is 0 Å². The molecule has 0 fully saturated rings. The molecule has 1 aromatic carbocycles. The van der Waals surface area contributed by atoms with E-state index in [0.29, 0.717) is 5.02 Å². The van der Waals surface area contributed by atoms with Crippen molar-refractivity contribution in [1.82, 2.24) is 4.98 Å². The monoisotopic (exact) mass is 247 g/mol. The Morgan fingerprint density at radius 2 is 1.76 bits per heavy atom. The van der Waals surface area contributed by atoms with Crippen LogP contribution in [0.1, 0.15) is 0 Å². The maximum absolute atomic E-state index is 5.77. The minimum absolute atomic E-state index is 0.638. The summed E-state index contributed by atoms with van der Waals surface area (Å²) in [6, 6.07) is 11.8. The minimum Gasteiger partial charge on any atom is -0.378 e. The third kappa shape index (κ3) is 3.11. The van der Waals surface area contributed by atoms with Gasteiger partial charge in [0.05, 0.1) is 5.02 Å². The van der Waals surface area contributed by atoms with E-state index in [2.05, 4.69) is 27.3 Å². The van der Waals surface area contributed by atoms with Crippen molar-refractivity contribution in [3.05, 3.63) is 47.6 Å². The lowest BCUT2D eigenvalue weighted by Crippen LogP contribution is -2.08. The summed E-state index contributed by atoms with van der Waals surface area (Å²) in [5.74, 6) is 0.784. The van der Waals surface area contributed by atoms with Crippen LogP contribution in [-0.4, -0.2) is 19.1 Å². The van der Waals surface area contributed by atoms with E-state index >= 15 is 0 Å². The number of rotatable bonds is 3. The van der Waals surface area contributed by atoms with Crippen molar-refractivity contribution in [3.63, 3.8) is 0 Å². The molecule has 1 aromatic heterocycles. The third-order valence-corrected chi connectivity index (χ3v) is 2.61. The molecule has 3 nitrogen and oxygen atoms in total. The Morgan fingerprint density at radius 3 is 2.29 bits per heavy atom. The molecule has 0 aliphatic carbocycles. The normalized spacial score (nSPS) is 10.1. The van der Waals surface area contributed by atoms with Gasteiger partial charge < -0.3 is 10.2 Å². The second-order valence-electron chi connectivity index (χ2n) is 3.93. The molecule has 0 aliphatic heterocycles. The highest BCUT2D eigenvalue weighted by atomic mass is 35.5. The second kappa shape index (κ2) is 5.06. The Balaban J connectivity index is 2.11. The number of aromatic nitrogens is 1. The molecule has 0 saturated heterocycles. The third-order valence-electron chi connectivity index (χ3n) is 2.38. The van der Waals surface area contributed by atoms with Crippen LogP contribution in [0.3, 0.4) is 0 Å². The molecule has 88 valence electrons. The van der Waals surface area contributed by atoms with Crippen LogP contribution in [0.25, 0.3) is 0 Å². The van der Waals surface area contributed by atoms with Crippen LogP contribution in [0.15, 0.2) is 42.6 Å². The lowest BCUT2D eigenvalue weighted by Gasteiger charge is -2.13. The molecule has 0 spiro atoms. The van der Waals surface area contributed by atoms with Crippen LogP contribution in [-0.2, 0) is 0 Å². The van der Waals surface area contributed by atoms with E-state index in [1.807, 2.05) is 38.4 Å². The van der Waals surface area contributed by atoms with Gasteiger partial charge in [-0.2, -0.15) is 0 Å². The Bertz CT molecular complexity index is 477. The quantitative estimate of drug-likeness (QED) is 0.899. The van der Waals surface area contributed by atoms with Crippen molar-refractivity contribution in [2.45, 2.75) is 0 Å². The van der Waals surface area contributed by atoms with Crippen molar-refractivity contribution < 1.29 is 0 Å². The van der Waals surface area contributed by atoms with Crippen LogP contribution >= 0.6 is 11.6 Å². The van der Waals surface area contributed by atoms with Gasteiger partial charge >= 0.3 is 0 Å². The molecule has 1 N–H and O–H groups in total. The first-order valence-corrected chi connectivity index (χ1v) is 5.69. The summed E-state index contributed by atoms with van der Waals surface area (Å²) in [5.41, 5.74) is 2.17. The van der Waals surface area contributed by atoms with Gasteiger partial charge in [0.1, 0.15) is 5.82 Å². The van der Waals surface area contributed by atoms with Crippen molar-refractivity contribution in [2.75, 3.05) is 24.3 Å². The number of nitrogens with one attached hydrogen (secondary N) is 1. The van der Waals surface area contributed by atoms with Crippen molar-refractivity contribution in [2.24, 2.45) is 0 Å². The highest BCUT2D eigenvalue weighted by Gasteiger charge is 1.98. The average molecular weight is 248 g/mol. The number of benzene rings is 1. The fraction of sp³-hybridized carbons (Fsp3) is 0.154. The molecular formula is C13H14ClN3. The molecule has 0 amide bonds. The number of hydrogen-bond acceptors (Lipinski definition) is 3. The molecule has 0 unspecified atom stereocenters. The van der Waals surface area contributed by atoms with Gasteiger partial charge in [0, 0.05) is 31.7 Å². The summed E-state index contributed by atoms with van der Waals surface area (Å²) in [7, 11) is 4.03. The Kier molecular flexibility index (Phi) is 3.49. The number of halogens is 1. The zero-order valence-electron chi connectivity index (χ0n) is 9.81. The van der Waals surface area contributed by atoms with E-state index in [0.717, 1.165) is 11.5 Å². The summed E-state index contributed by atoms with van der Waals surface area (Å²) in [6.45, 7) is 0. The van der Waals surface area contributed by atoms with Crippen molar-refractivity contribution in [3.8, 4) is 0 Å². The second-order valence-corrected chi connectivity index (χ2v) is 4.36. The number of pyridine rings is 1. The van der Waals surface area contributed by atoms with E-state index in [4.69, 9.17) is 11.6 Å². The van der Waals surface area contributed by atoms with E-state index in [-0.39, 0.29) is 0 Å². The maximum Gasteiger partial charge on any atom is 0.130 e. The van der Waals surface area contributed by atoms with E-state index < -0.39 is 0 Å². The first kappa shape index (κ1) is 11.7. The van der Waals surface area contributed by atoms with Crippen LogP contribution in [0.4, 0.5) is 17.2 Å². The van der Waals surface area contributed by atoms with Crippen LogP contribution in [0, 0.1) is 0 Å². The Labute approximate surface area is 106 Å². The molecule has 0 radical (unpaired) electrons. The Hall–Kier alpha value is -1.74. The maximum atomic E-state index is 5.77. The topological polar surface area (TPSA) is 28.2 Å². The molecule has 0 atom stereocenters. The van der Waals surface area contributed by atoms with Gasteiger partial charge in [0.15, 0.2) is 0 Å². The molecule has 0 bridgehead atoms. The molecule has 0 aliphatic rings. The predicted octanol–water partition coefficient (Wildman–Crippen LogP) is 3.54. The summed E-state index contributed by atoms with van der Waals surface area (Å²) >= 11 is 5.77. The van der Waals surface area contributed by atoms with Crippen LogP contribution < -0.4 is 10.2 Å². The minimum atomic E-state index is 0.638. The summed E-state index contributed by atoms with van der Waals surface area (Å²) < 4.78 is 0. The van der Waals surface area contributed by atoms with Gasteiger partial charge in [-0.05, 0) is 36.4 Å². The molecule has 0 saturated carbocycles. The van der Waals surface area contributed by atoms with Gasteiger partial charge in [0.25, 0.3) is 0 Å². The lowest BCUT2D eigenvalue weighted by molar-refractivity contribution is 1.13. The van der Waals surface area contributed by atoms with Gasteiger partial charge in [-0.3, -0.25) is 0 Å². The van der Waals surface area contributed by atoms with Gasteiger partial charge in [-0.1, -0.05) is 11.6 Å². The molecule has 2 rings (SSSR count). The van der Waals surface area contributed by atoms with Gasteiger partial charge in [-0.25, -0.2) is 4.98 Å². The molecule has 4 heteroatoms. The number of nitrogens with zero attached hydrogens (tertiary/aromatic N) is 2. The molecule has 17 heavy (non-hydrogen) atoms. The van der Waals surface area contributed by atoms with Crippen molar-refractivity contribution >= 4 is 28.8 Å². The smallest absolute Gasteiger partial charge is 0.130 e. The zero-order chi connectivity index (χ0) is 12.3. The SMILES string of the molecule is CN(C)c1ccc(Nc2ccc(Cl)cn2)cc1. The number of anilines is 3. The fourth-order valence-corrected chi connectivity index (χ4v) is 1.55. The first-order chi connectivity index (χ1) is 8.15. The average Bonchev–Trinajstić information content (AvgIpc) is 2.33. The largest absolute Gasteiger partial charge is 0.378 e. The van der Waals surface area contributed by atoms with E-state index in [1.165, 1.54) is 5.69 Å². The summed E-state index contributed by atoms with van der Waals surface area (Å²) in [6.07, 6.45) is 1.62. The van der Waals surface area contributed by atoms with Gasteiger partial charge in [-0.15, -0.1) is 0 Å². The molecule has 2 aromatic rings. The summed E-state index contributed by atoms with van der Waals surface area (Å²) in [4.78, 5) is 6.24. The standard InChI is InChI=1S/C13H14ClN3/c1-17(2)12-6-4-11(5-7-12)16-13-8-3-10(14)9-15-13/h3-9H,1-2H3,(H,15,16). The first-order valence-electron chi connectivity index (χ1n) is 5.31. The van der Waals surface area contributed by atoms with Crippen LogP contribution in [0.5, 0.6) is 0 Å². The van der Waals surface area contributed by atoms with Gasteiger partial charge in [0.2, 0.25) is 0 Å². The van der Waals surface area contributed by atoms with Crippen LogP contribution in [0.2, 0.25) is 5.02 Å². The predicted molar refractivity (Wildman–Crippen MR) is 73.3 cm³/mol. The highest BCUT2D eigenvalue weighted by molar-refractivity contribution is 6.30. The lowest BCUT2D eigenvalue weighted by atomic mass is 10.2. The Morgan fingerprint density at radius 1 is 1.06 bits per heavy atom. The fourth-order valence-electron chi connectivity index (χ4n) is 1.44. The number of hydrogen-bond donors (Lipinski definition) is 1. The molecular weight excluding hydrogens is 234 g/mol. The van der Waals surface area contributed by atoms with Crippen molar-refractivity contribution in [1.29, 1.82) is 0 Å². The van der Waals surface area contributed by atoms with E-state index in [1.54, 1.807) is 6.20 Å². The highest BCUT2D eigenvalue weighted by Crippen LogP contribution is 2.19. The molecule has 1 heterocycles. The zero-order valence-corrected chi connectivity index (χ0v) is 10.6.